The second-order valence-corrected chi connectivity index (χ2v) is 6.15. The summed E-state index contributed by atoms with van der Waals surface area (Å²) in [6.45, 7) is 7.23. The summed E-state index contributed by atoms with van der Waals surface area (Å²) in [5, 5.41) is 14.2. The van der Waals surface area contributed by atoms with Crippen LogP contribution >= 0.6 is 15.9 Å². The predicted molar refractivity (Wildman–Crippen MR) is 81.2 cm³/mol. The lowest BCUT2D eigenvalue weighted by Crippen LogP contribution is -2.25. The summed E-state index contributed by atoms with van der Waals surface area (Å²) in [7, 11) is 0. The maximum Gasteiger partial charge on any atom is 0.283 e. The summed E-state index contributed by atoms with van der Waals surface area (Å²) >= 11 is 3.19. The molecule has 0 amide bonds. The Bertz CT molecular complexity index is 435. The Morgan fingerprint density at radius 2 is 2.00 bits per heavy atom. The molecule has 0 aliphatic heterocycles. The van der Waals surface area contributed by atoms with E-state index >= 15 is 0 Å². The van der Waals surface area contributed by atoms with Gasteiger partial charge >= 0.3 is 0 Å². The van der Waals surface area contributed by atoms with Crippen molar-refractivity contribution in [2.75, 3.05) is 0 Å². The van der Waals surface area contributed by atoms with Gasteiger partial charge in [0.25, 0.3) is 5.69 Å². The van der Waals surface area contributed by atoms with Gasteiger partial charge in [0.05, 0.1) is 9.40 Å². The molecule has 0 radical (unpaired) electrons. The Morgan fingerprint density at radius 1 is 1.32 bits per heavy atom. The Hall–Kier alpha value is -0.940. The highest BCUT2D eigenvalue weighted by molar-refractivity contribution is 9.10. The molecule has 1 rings (SSSR count). The first-order valence-corrected chi connectivity index (χ1v) is 7.35. The number of hydrogen-bond acceptors (Lipinski definition) is 3. The number of halogens is 1. The van der Waals surface area contributed by atoms with Gasteiger partial charge in [0, 0.05) is 18.7 Å². The predicted octanol–water partition coefficient (Wildman–Crippen LogP) is 4.27. The summed E-state index contributed by atoms with van der Waals surface area (Å²) in [5.74, 6) is 0.706. The highest BCUT2D eigenvalue weighted by Gasteiger charge is 2.12. The molecule has 5 heteroatoms. The third kappa shape index (κ3) is 5.70. The molecule has 0 heterocycles. The Labute approximate surface area is 122 Å². The topological polar surface area (TPSA) is 55.2 Å². The molecule has 1 unspecified atom stereocenters. The van der Waals surface area contributed by atoms with E-state index in [1.54, 1.807) is 12.1 Å². The van der Waals surface area contributed by atoms with Crippen molar-refractivity contribution in [1.29, 1.82) is 0 Å². The summed E-state index contributed by atoms with van der Waals surface area (Å²) in [6, 6.07) is 5.67. The number of nitrogens with one attached hydrogen (secondary N) is 1. The van der Waals surface area contributed by atoms with Crippen LogP contribution in [0.3, 0.4) is 0 Å². The number of rotatable bonds is 7. The second kappa shape index (κ2) is 7.60. The Balaban J connectivity index is 2.54. The summed E-state index contributed by atoms with van der Waals surface area (Å²) in [4.78, 5) is 10.5. The van der Waals surface area contributed by atoms with Crippen LogP contribution in [0.15, 0.2) is 22.7 Å². The van der Waals surface area contributed by atoms with Crippen LogP contribution in [0.4, 0.5) is 5.69 Å². The number of nitro groups is 1. The number of hydrogen-bond donors (Lipinski definition) is 1. The number of benzene rings is 1. The molecule has 0 saturated carbocycles. The third-order valence-corrected chi connectivity index (χ3v) is 3.71. The van der Waals surface area contributed by atoms with Gasteiger partial charge in [-0.3, -0.25) is 10.1 Å². The van der Waals surface area contributed by atoms with Crippen molar-refractivity contribution in [3.63, 3.8) is 0 Å². The van der Waals surface area contributed by atoms with Gasteiger partial charge in [-0.05, 0) is 53.2 Å². The lowest BCUT2D eigenvalue weighted by atomic mass is 10.0. The first-order valence-electron chi connectivity index (χ1n) is 6.56. The molecule has 0 aromatic heterocycles. The standard InChI is InChI=1S/C14H21BrN2O2/c1-10(2)4-5-11(3)16-9-12-6-7-13(15)14(8-12)17(18)19/h6-8,10-11,16H,4-5,9H2,1-3H3. The van der Waals surface area contributed by atoms with E-state index in [1.807, 2.05) is 6.07 Å². The molecule has 0 spiro atoms. The lowest BCUT2D eigenvalue weighted by molar-refractivity contribution is -0.385. The van der Waals surface area contributed by atoms with E-state index in [0.717, 1.165) is 12.0 Å². The van der Waals surface area contributed by atoms with Gasteiger partial charge < -0.3 is 5.32 Å². The molecule has 0 bridgehead atoms. The van der Waals surface area contributed by atoms with E-state index in [2.05, 4.69) is 42.0 Å². The molecule has 1 aromatic rings. The van der Waals surface area contributed by atoms with Crippen molar-refractivity contribution in [1.82, 2.24) is 5.32 Å². The highest BCUT2D eigenvalue weighted by Crippen LogP contribution is 2.25. The average Bonchev–Trinajstić information content (AvgIpc) is 2.35. The van der Waals surface area contributed by atoms with Crippen molar-refractivity contribution in [2.45, 2.75) is 46.2 Å². The first kappa shape index (κ1) is 16.1. The molecular weight excluding hydrogens is 308 g/mol. The molecule has 0 aliphatic carbocycles. The van der Waals surface area contributed by atoms with Gasteiger partial charge in [-0.15, -0.1) is 0 Å². The number of nitrogens with zero attached hydrogens (tertiary/aromatic N) is 1. The molecule has 0 fully saturated rings. The number of nitro benzene ring substituents is 1. The van der Waals surface area contributed by atoms with Crippen LogP contribution in [-0.2, 0) is 6.54 Å². The molecule has 4 nitrogen and oxygen atoms in total. The van der Waals surface area contributed by atoms with Crippen molar-refractivity contribution in [2.24, 2.45) is 5.92 Å². The first-order chi connectivity index (χ1) is 8.90. The van der Waals surface area contributed by atoms with Crippen LogP contribution in [0.2, 0.25) is 0 Å². The fourth-order valence-electron chi connectivity index (χ4n) is 1.79. The van der Waals surface area contributed by atoms with Gasteiger partial charge in [0.1, 0.15) is 0 Å². The van der Waals surface area contributed by atoms with Crippen molar-refractivity contribution < 1.29 is 4.92 Å². The zero-order chi connectivity index (χ0) is 14.4. The SMILES string of the molecule is CC(C)CCC(C)NCc1ccc(Br)c([N+](=O)[O-])c1. The van der Waals surface area contributed by atoms with Crippen LogP contribution in [0.5, 0.6) is 0 Å². The maximum absolute atomic E-state index is 10.8. The smallest absolute Gasteiger partial charge is 0.283 e. The van der Waals surface area contributed by atoms with E-state index in [1.165, 1.54) is 6.42 Å². The van der Waals surface area contributed by atoms with E-state index in [4.69, 9.17) is 0 Å². The lowest BCUT2D eigenvalue weighted by Gasteiger charge is -2.15. The normalized spacial score (nSPS) is 12.7. The fraction of sp³-hybridized carbons (Fsp3) is 0.571. The minimum absolute atomic E-state index is 0.120. The van der Waals surface area contributed by atoms with Gasteiger partial charge in [0.2, 0.25) is 0 Å². The monoisotopic (exact) mass is 328 g/mol. The summed E-state index contributed by atoms with van der Waals surface area (Å²) < 4.78 is 0.522. The van der Waals surface area contributed by atoms with Crippen LogP contribution in [0, 0.1) is 16.0 Å². The van der Waals surface area contributed by atoms with E-state index in [-0.39, 0.29) is 10.6 Å². The minimum Gasteiger partial charge on any atom is -0.310 e. The van der Waals surface area contributed by atoms with Crippen LogP contribution in [0.25, 0.3) is 0 Å². The van der Waals surface area contributed by atoms with Crippen LogP contribution in [-0.4, -0.2) is 11.0 Å². The third-order valence-electron chi connectivity index (χ3n) is 3.04. The van der Waals surface area contributed by atoms with Crippen molar-refractivity contribution in [3.05, 3.63) is 38.3 Å². The van der Waals surface area contributed by atoms with Crippen molar-refractivity contribution >= 4 is 21.6 Å². The van der Waals surface area contributed by atoms with E-state index in [9.17, 15) is 10.1 Å². The molecule has 1 atom stereocenters. The Kier molecular flexibility index (Phi) is 6.45. The molecule has 0 aliphatic rings. The quantitative estimate of drug-likeness (QED) is 0.600. The molecule has 1 aromatic carbocycles. The fourth-order valence-corrected chi connectivity index (χ4v) is 2.18. The molecule has 19 heavy (non-hydrogen) atoms. The summed E-state index contributed by atoms with van der Waals surface area (Å²) in [6.07, 6.45) is 2.31. The maximum atomic E-state index is 10.8. The van der Waals surface area contributed by atoms with E-state index in [0.29, 0.717) is 23.0 Å². The van der Waals surface area contributed by atoms with Crippen molar-refractivity contribution in [3.8, 4) is 0 Å². The zero-order valence-electron chi connectivity index (χ0n) is 11.6. The second-order valence-electron chi connectivity index (χ2n) is 5.30. The van der Waals surface area contributed by atoms with E-state index < -0.39 is 0 Å². The molecule has 0 saturated heterocycles. The van der Waals surface area contributed by atoms with Gasteiger partial charge in [-0.1, -0.05) is 19.9 Å². The highest BCUT2D eigenvalue weighted by atomic mass is 79.9. The van der Waals surface area contributed by atoms with Gasteiger partial charge in [-0.2, -0.15) is 0 Å². The molecule has 1 N–H and O–H groups in total. The minimum atomic E-state index is -0.365. The largest absolute Gasteiger partial charge is 0.310 e. The zero-order valence-corrected chi connectivity index (χ0v) is 13.2. The summed E-state index contributed by atoms with van der Waals surface area (Å²) in [5.41, 5.74) is 1.06. The van der Waals surface area contributed by atoms with Gasteiger partial charge in [0.15, 0.2) is 0 Å². The molecule has 106 valence electrons. The average molecular weight is 329 g/mol. The van der Waals surface area contributed by atoms with Gasteiger partial charge in [-0.25, -0.2) is 0 Å². The molecular formula is C14H21BrN2O2. The van der Waals surface area contributed by atoms with Crippen LogP contribution in [0.1, 0.15) is 39.2 Å². The van der Waals surface area contributed by atoms with Crippen LogP contribution < -0.4 is 5.32 Å². The Morgan fingerprint density at radius 3 is 2.58 bits per heavy atom.